The van der Waals surface area contributed by atoms with Gasteiger partial charge in [0.15, 0.2) is 0 Å². The number of benzene rings is 1. The van der Waals surface area contributed by atoms with Crippen LogP contribution in [0.4, 0.5) is 0 Å². The smallest absolute Gasteiger partial charge is 0.119 e. The van der Waals surface area contributed by atoms with Crippen LogP contribution >= 0.6 is 0 Å². The minimum Gasteiger partial charge on any atom is -0.493 e. The third-order valence-electron chi connectivity index (χ3n) is 2.49. The topological polar surface area (TPSA) is 35.2 Å². The van der Waals surface area contributed by atoms with Gasteiger partial charge in [0.25, 0.3) is 0 Å². The Hall–Kier alpha value is -1.02. The summed E-state index contributed by atoms with van der Waals surface area (Å²) in [6.07, 6.45) is 1.04. The zero-order chi connectivity index (χ0) is 11.3. The second-order valence-corrected chi connectivity index (χ2v) is 4.66. The molecule has 0 fully saturated rings. The second-order valence-electron chi connectivity index (χ2n) is 4.66. The van der Waals surface area contributed by atoms with E-state index < -0.39 is 0 Å². The lowest BCUT2D eigenvalue weighted by Gasteiger charge is -2.22. The van der Waals surface area contributed by atoms with E-state index in [0.717, 1.165) is 12.2 Å². The molecule has 0 spiro atoms. The summed E-state index contributed by atoms with van der Waals surface area (Å²) >= 11 is 0. The van der Waals surface area contributed by atoms with Crippen LogP contribution in [0, 0.1) is 5.41 Å². The van der Waals surface area contributed by atoms with Gasteiger partial charge in [-0.15, -0.1) is 0 Å². The molecule has 0 aliphatic carbocycles. The third-order valence-corrected chi connectivity index (χ3v) is 2.49. The van der Waals surface area contributed by atoms with Crippen LogP contribution < -0.4 is 10.5 Å². The first-order chi connectivity index (χ1) is 7.07. The quantitative estimate of drug-likeness (QED) is 0.805. The zero-order valence-corrected chi connectivity index (χ0v) is 9.92. The maximum absolute atomic E-state index is 5.72. The molecule has 2 nitrogen and oxygen atoms in total. The Morgan fingerprint density at radius 3 is 2.67 bits per heavy atom. The van der Waals surface area contributed by atoms with Crippen LogP contribution in [0.1, 0.15) is 26.3 Å². The number of rotatable bonds is 5. The van der Waals surface area contributed by atoms with E-state index in [4.69, 9.17) is 10.5 Å². The molecule has 0 aromatic heterocycles. The van der Waals surface area contributed by atoms with Crippen molar-refractivity contribution in [3.05, 3.63) is 29.8 Å². The molecule has 0 saturated carbocycles. The first kappa shape index (κ1) is 12.1. The van der Waals surface area contributed by atoms with E-state index in [1.165, 1.54) is 5.56 Å². The Kier molecular flexibility index (Phi) is 4.15. The summed E-state index contributed by atoms with van der Waals surface area (Å²) in [7, 11) is 0. The molecule has 0 bridgehead atoms. The summed E-state index contributed by atoms with van der Waals surface area (Å²) in [5, 5.41) is 0. The molecule has 1 rings (SSSR count). The number of hydrogen-bond donors (Lipinski definition) is 1. The van der Waals surface area contributed by atoms with Crippen molar-refractivity contribution in [3.8, 4) is 5.75 Å². The van der Waals surface area contributed by atoms with Crippen LogP contribution in [-0.4, -0.2) is 13.2 Å². The lowest BCUT2D eigenvalue weighted by Crippen LogP contribution is -2.30. The molecule has 84 valence electrons. The SMILES string of the molecule is CCc1cccc(OCC(C)(C)CN)c1. The molecule has 0 aliphatic heterocycles. The van der Waals surface area contributed by atoms with Crippen molar-refractivity contribution in [1.29, 1.82) is 0 Å². The van der Waals surface area contributed by atoms with Crippen molar-refractivity contribution in [1.82, 2.24) is 0 Å². The average Bonchev–Trinajstić information content (AvgIpc) is 2.27. The molecular formula is C13H21NO. The van der Waals surface area contributed by atoms with Gasteiger partial charge in [0, 0.05) is 12.0 Å². The van der Waals surface area contributed by atoms with Crippen LogP contribution in [0.15, 0.2) is 24.3 Å². The number of aryl methyl sites for hydroxylation is 1. The average molecular weight is 207 g/mol. The fourth-order valence-corrected chi connectivity index (χ4v) is 1.19. The summed E-state index contributed by atoms with van der Waals surface area (Å²) in [5.41, 5.74) is 6.99. The Morgan fingerprint density at radius 1 is 1.33 bits per heavy atom. The predicted octanol–water partition coefficient (Wildman–Crippen LogP) is 2.61. The van der Waals surface area contributed by atoms with Gasteiger partial charge >= 0.3 is 0 Å². The van der Waals surface area contributed by atoms with Crippen molar-refractivity contribution >= 4 is 0 Å². The molecule has 2 N–H and O–H groups in total. The fourth-order valence-electron chi connectivity index (χ4n) is 1.19. The zero-order valence-electron chi connectivity index (χ0n) is 9.92. The lowest BCUT2D eigenvalue weighted by molar-refractivity contribution is 0.187. The minimum absolute atomic E-state index is 0.0439. The van der Waals surface area contributed by atoms with Gasteiger partial charge in [-0.25, -0.2) is 0 Å². The maximum atomic E-state index is 5.72. The second kappa shape index (κ2) is 5.17. The van der Waals surface area contributed by atoms with E-state index in [-0.39, 0.29) is 5.41 Å². The highest BCUT2D eigenvalue weighted by atomic mass is 16.5. The maximum Gasteiger partial charge on any atom is 0.119 e. The number of ether oxygens (including phenoxy) is 1. The molecule has 2 heteroatoms. The van der Waals surface area contributed by atoms with Gasteiger partial charge in [0.05, 0.1) is 6.61 Å². The monoisotopic (exact) mass is 207 g/mol. The summed E-state index contributed by atoms with van der Waals surface area (Å²) in [4.78, 5) is 0. The Morgan fingerprint density at radius 2 is 2.07 bits per heavy atom. The van der Waals surface area contributed by atoms with Gasteiger partial charge in [-0.05, 0) is 24.1 Å². The van der Waals surface area contributed by atoms with Gasteiger partial charge in [-0.3, -0.25) is 0 Å². The Balaban J connectivity index is 2.57. The van der Waals surface area contributed by atoms with Crippen molar-refractivity contribution in [3.63, 3.8) is 0 Å². The van der Waals surface area contributed by atoms with Crippen LogP contribution in [-0.2, 0) is 6.42 Å². The van der Waals surface area contributed by atoms with Crippen molar-refractivity contribution in [2.24, 2.45) is 11.1 Å². The van der Waals surface area contributed by atoms with Gasteiger partial charge in [0.1, 0.15) is 5.75 Å². The largest absolute Gasteiger partial charge is 0.493 e. The third kappa shape index (κ3) is 3.92. The molecule has 0 atom stereocenters. The normalized spacial score (nSPS) is 11.5. The highest BCUT2D eigenvalue weighted by Crippen LogP contribution is 2.18. The summed E-state index contributed by atoms with van der Waals surface area (Å²) < 4.78 is 5.72. The molecule has 1 aromatic carbocycles. The van der Waals surface area contributed by atoms with Crippen molar-refractivity contribution < 1.29 is 4.74 Å². The molecule has 0 amide bonds. The standard InChI is InChI=1S/C13H21NO/c1-4-11-6-5-7-12(8-11)15-10-13(2,3)9-14/h5-8H,4,9-10,14H2,1-3H3. The van der Waals surface area contributed by atoms with Crippen LogP contribution in [0.25, 0.3) is 0 Å². The molecule has 15 heavy (non-hydrogen) atoms. The summed E-state index contributed by atoms with van der Waals surface area (Å²) in [6.45, 7) is 7.66. The number of hydrogen-bond acceptors (Lipinski definition) is 2. The van der Waals surface area contributed by atoms with E-state index in [2.05, 4.69) is 32.9 Å². The van der Waals surface area contributed by atoms with Crippen molar-refractivity contribution in [2.45, 2.75) is 27.2 Å². The predicted molar refractivity (Wildman–Crippen MR) is 64.2 cm³/mol. The number of nitrogens with two attached hydrogens (primary N) is 1. The van der Waals surface area contributed by atoms with E-state index in [1.54, 1.807) is 0 Å². The van der Waals surface area contributed by atoms with Gasteiger partial charge < -0.3 is 10.5 Å². The minimum atomic E-state index is 0.0439. The molecular weight excluding hydrogens is 186 g/mol. The molecule has 0 saturated heterocycles. The van der Waals surface area contributed by atoms with Crippen LogP contribution in [0.3, 0.4) is 0 Å². The highest BCUT2D eigenvalue weighted by Gasteiger charge is 2.16. The van der Waals surface area contributed by atoms with Gasteiger partial charge in [0.2, 0.25) is 0 Å². The van der Waals surface area contributed by atoms with Gasteiger partial charge in [-0.2, -0.15) is 0 Å². The Labute approximate surface area is 92.4 Å². The Bertz CT molecular complexity index is 307. The van der Waals surface area contributed by atoms with E-state index in [9.17, 15) is 0 Å². The van der Waals surface area contributed by atoms with Crippen molar-refractivity contribution in [2.75, 3.05) is 13.2 Å². The lowest BCUT2D eigenvalue weighted by atomic mass is 9.95. The molecule has 0 radical (unpaired) electrons. The van der Waals surface area contributed by atoms with Crippen LogP contribution in [0.5, 0.6) is 5.75 Å². The van der Waals surface area contributed by atoms with Gasteiger partial charge in [-0.1, -0.05) is 32.9 Å². The summed E-state index contributed by atoms with van der Waals surface area (Å²) in [5.74, 6) is 0.941. The molecule has 0 heterocycles. The van der Waals surface area contributed by atoms with Crippen LogP contribution in [0.2, 0.25) is 0 Å². The molecule has 0 unspecified atom stereocenters. The molecule has 0 aliphatic rings. The first-order valence-corrected chi connectivity index (χ1v) is 5.49. The van der Waals surface area contributed by atoms with E-state index in [1.807, 2.05) is 12.1 Å². The highest BCUT2D eigenvalue weighted by molar-refractivity contribution is 5.28. The first-order valence-electron chi connectivity index (χ1n) is 5.49. The van der Waals surface area contributed by atoms with E-state index >= 15 is 0 Å². The fraction of sp³-hybridized carbons (Fsp3) is 0.538. The summed E-state index contributed by atoms with van der Waals surface area (Å²) in [6, 6.07) is 8.23. The van der Waals surface area contributed by atoms with E-state index in [0.29, 0.717) is 13.2 Å². The molecule has 1 aromatic rings.